The lowest BCUT2D eigenvalue weighted by Crippen LogP contribution is -2.36. The molecular formula is C22H22FN3O3. The lowest BCUT2D eigenvalue weighted by molar-refractivity contribution is 0.0928. The smallest absolute Gasteiger partial charge is 0.307 e. The summed E-state index contributed by atoms with van der Waals surface area (Å²) in [6, 6.07) is 12.4. The van der Waals surface area contributed by atoms with Crippen molar-refractivity contribution in [1.29, 1.82) is 0 Å². The number of ether oxygens (including phenoxy) is 1. The van der Waals surface area contributed by atoms with Crippen molar-refractivity contribution in [3.05, 3.63) is 65.2 Å². The van der Waals surface area contributed by atoms with Gasteiger partial charge in [0.2, 0.25) is 0 Å². The average molecular weight is 395 g/mol. The van der Waals surface area contributed by atoms with Gasteiger partial charge in [0.25, 0.3) is 0 Å². The summed E-state index contributed by atoms with van der Waals surface area (Å²) in [6.07, 6.45) is 0. The van der Waals surface area contributed by atoms with Gasteiger partial charge in [-0.15, -0.1) is 0 Å². The van der Waals surface area contributed by atoms with Gasteiger partial charge in [-0.2, -0.15) is 5.10 Å². The number of benzene rings is 2. The zero-order chi connectivity index (χ0) is 20.4. The van der Waals surface area contributed by atoms with Gasteiger partial charge in [-0.1, -0.05) is 24.3 Å². The fourth-order valence-electron chi connectivity index (χ4n) is 3.43. The molecule has 2 aromatic carbocycles. The Morgan fingerprint density at radius 1 is 1.17 bits per heavy atom. The molecule has 4 rings (SSSR count). The number of fused-ring (bicyclic) bond motifs is 1. The van der Waals surface area contributed by atoms with Gasteiger partial charge in [0.1, 0.15) is 11.4 Å². The van der Waals surface area contributed by atoms with Crippen LogP contribution in [0.4, 0.5) is 10.1 Å². The van der Waals surface area contributed by atoms with Crippen LogP contribution in [0.5, 0.6) is 0 Å². The van der Waals surface area contributed by atoms with Crippen molar-refractivity contribution in [2.45, 2.75) is 13.8 Å². The highest BCUT2D eigenvalue weighted by Gasteiger charge is 2.18. The molecule has 150 valence electrons. The number of furan rings is 1. The molecule has 0 bridgehead atoms. The highest BCUT2D eigenvalue weighted by atomic mass is 19.1. The molecule has 6 nitrogen and oxygen atoms in total. The van der Waals surface area contributed by atoms with E-state index in [2.05, 4.69) is 10.5 Å². The third-order valence-electron chi connectivity index (χ3n) is 5.09. The van der Waals surface area contributed by atoms with E-state index in [-0.39, 0.29) is 11.6 Å². The summed E-state index contributed by atoms with van der Waals surface area (Å²) in [5.74, 6) is -0.543. The molecule has 0 unspecified atom stereocenters. The summed E-state index contributed by atoms with van der Waals surface area (Å²) in [4.78, 5) is 14.5. The summed E-state index contributed by atoms with van der Waals surface area (Å²) in [5, 5.41) is 5.01. The molecule has 1 aliphatic heterocycles. The van der Waals surface area contributed by atoms with Crippen LogP contribution >= 0.6 is 0 Å². The van der Waals surface area contributed by atoms with Crippen LogP contribution in [0.25, 0.3) is 11.0 Å². The molecule has 7 heteroatoms. The van der Waals surface area contributed by atoms with Crippen LogP contribution in [0.15, 0.2) is 52.0 Å². The van der Waals surface area contributed by atoms with Gasteiger partial charge < -0.3 is 14.1 Å². The van der Waals surface area contributed by atoms with Gasteiger partial charge in [-0.05, 0) is 32.0 Å². The number of morpholine rings is 1. The molecule has 29 heavy (non-hydrogen) atoms. The van der Waals surface area contributed by atoms with Gasteiger partial charge in [0.05, 0.1) is 24.6 Å². The molecule has 1 fully saturated rings. The molecule has 1 amide bonds. The fourth-order valence-corrected chi connectivity index (χ4v) is 3.43. The molecule has 1 N–H and O–H groups in total. The van der Waals surface area contributed by atoms with E-state index in [1.165, 1.54) is 6.07 Å². The Bertz CT molecular complexity index is 1080. The minimum absolute atomic E-state index is 0.219. The van der Waals surface area contributed by atoms with Gasteiger partial charge in [0.15, 0.2) is 5.76 Å². The second kappa shape index (κ2) is 8.05. The number of nitrogens with one attached hydrogen (secondary N) is 1. The van der Waals surface area contributed by atoms with Crippen LogP contribution in [0.1, 0.15) is 28.6 Å². The minimum atomic E-state index is -0.441. The maximum atomic E-state index is 14.6. The normalized spacial score (nSPS) is 15.0. The van der Waals surface area contributed by atoms with Crippen molar-refractivity contribution < 1.29 is 18.3 Å². The van der Waals surface area contributed by atoms with E-state index >= 15 is 0 Å². The van der Waals surface area contributed by atoms with Gasteiger partial charge in [-0.25, -0.2) is 9.82 Å². The van der Waals surface area contributed by atoms with Crippen LogP contribution < -0.4 is 10.3 Å². The number of carbonyl (C=O) groups is 1. The van der Waals surface area contributed by atoms with Crippen molar-refractivity contribution in [3.63, 3.8) is 0 Å². The molecular weight excluding hydrogens is 373 g/mol. The van der Waals surface area contributed by atoms with E-state index in [0.717, 1.165) is 10.9 Å². The van der Waals surface area contributed by atoms with E-state index in [1.54, 1.807) is 19.1 Å². The Morgan fingerprint density at radius 3 is 2.66 bits per heavy atom. The van der Waals surface area contributed by atoms with Gasteiger partial charge in [-0.3, -0.25) is 4.79 Å². The SMILES string of the molecule is C/C(=N/NC(=O)c1oc2ccccc2c1C)c1ccc(N2CCOCC2)c(F)c1. The van der Waals surface area contributed by atoms with Crippen LogP contribution in [-0.2, 0) is 4.74 Å². The number of carbonyl (C=O) groups excluding carboxylic acids is 1. The third kappa shape index (κ3) is 3.86. The number of hydrogen-bond donors (Lipinski definition) is 1. The van der Waals surface area contributed by atoms with Crippen LogP contribution in [0, 0.1) is 12.7 Å². The van der Waals surface area contributed by atoms with Crippen molar-refractivity contribution in [3.8, 4) is 0 Å². The summed E-state index contributed by atoms with van der Waals surface area (Å²) in [7, 11) is 0. The van der Waals surface area contributed by atoms with Crippen molar-refractivity contribution in [1.82, 2.24) is 5.43 Å². The summed E-state index contributed by atoms with van der Waals surface area (Å²) in [6.45, 7) is 6.06. The predicted octanol–water partition coefficient (Wildman–Crippen LogP) is 3.87. The monoisotopic (exact) mass is 395 g/mol. The number of para-hydroxylation sites is 1. The second-order valence-electron chi connectivity index (χ2n) is 6.96. The van der Waals surface area contributed by atoms with E-state index in [9.17, 15) is 9.18 Å². The molecule has 2 heterocycles. The maximum Gasteiger partial charge on any atom is 0.307 e. The minimum Gasteiger partial charge on any atom is -0.451 e. The number of anilines is 1. The Hall–Kier alpha value is -3.19. The topological polar surface area (TPSA) is 67.1 Å². The van der Waals surface area contributed by atoms with E-state index in [1.807, 2.05) is 36.1 Å². The molecule has 0 spiro atoms. The molecule has 1 aromatic heterocycles. The number of aryl methyl sites for hydroxylation is 1. The van der Waals surface area contributed by atoms with Gasteiger partial charge >= 0.3 is 5.91 Å². The summed E-state index contributed by atoms with van der Waals surface area (Å²) >= 11 is 0. The Kier molecular flexibility index (Phi) is 5.31. The van der Waals surface area contributed by atoms with E-state index in [4.69, 9.17) is 9.15 Å². The quantitative estimate of drug-likeness (QED) is 0.538. The number of halogens is 1. The van der Waals surface area contributed by atoms with Crippen LogP contribution in [0.2, 0.25) is 0 Å². The first-order chi connectivity index (χ1) is 14.0. The highest BCUT2D eigenvalue weighted by Crippen LogP contribution is 2.25. The van der Waals surface area contributed by atoms with Gasteiger partial charge in [0, 0.05) is 29.6 Å². The molecule has 1 aliphatic rings. The van der Waals surface area contributed by atoms with Crippen molar-refractivity contribution in [2.24, 2.45) is 5.10 Å². The molecule has 3 aromatic rings. The summed E-state index contributed by atoms with van der Waals surface area (Å²) < 4.78 is 25.5. The van der Waals surface area contributed by atoms with Crippen molar-refractivity contribution >= 4 is 28.3 Å². The molecule has 1 saturated heterocycles. The summed E-state index contributed by atoms with van der Waals surface area (Å²) in [5.41, 5.74) is 5.55. The fraction of sp³-hybridized carbons (Fsp3) is 0.273. The molecule has 0 atom stereocenters. The average Bonchev–Trinajstić information content (AvgIpc) is 3.09. The largest absolute Gasteiger partial charge is 0.451 e. The maximum absolute atomic E-state index is 14.6. The predicted molar refractivity (Wildman–Crippen MR) is 110 cm³/mol. The first-order valence-corrected chi connectivity index (χ1v) is 9.50. The Balaban J connectivity index is 1.50. The number of hydrazone groups is 1. The zero-order valence-corrected chi connectivity index (χ0v) is 16.4. The first-order valence-electron chi connectivity index (χ1n) is 9.50. The standard InChI is InChI=1S/C22H22FN3O3/c1-14-17-5-3-4-6-20(17)29-21(14)22(27)25-24-15(2)16-7-8-19(18(23)13-16)26-9-11-28-12-10-26/h3-8,13H,9-12H2,1-2H3,(H,25,27)/b24-15-. The molecule has 0 radical (unpaired) electrons. The number of rotatable bonds is 4. The van der Waals surface area contributed by atoms with Crippen molar-refractivity contribution in [2.75, 3.05) is 31.2 Å². The highest BCUT2D eigenvalue weighted by molar-refractivity contribution is 6.02. The molecule has 0 saturated carbocycles. The third-order valence-corrected chi connectivity index (χ3v) is 5.09. The lowest BCUT2D eigenvalue weighted by Gasteiger charge is -2.29. The van der Waals surface area contributed by atoms with Crippen LogP contribution in [0.3, 0.4) is 0 Å². The molecule has 0 aliphatic carbocycles. The van der Waals surface area contributed by atoms with Crippen LogP contribution in [-0.4, -0.2) is 37.9 Å². The zero-order valence-electron chi connectivity index (χ0n) is 16.4. The Labute approximate surface area is 167 Å². The second-order valence-corrected chi connectivity index (χ2v) is 6.96. The number of hydrogen-bond acceptors (Lipinski definition) is 5. The number of amides is 1. The number of nitrogens with zero attached hydrogens (tertiary/aromatic N) is 2. The first kappa shape index (κ1) is 19.1. The van der Waals surface area contributed by atoms with E-state index < -0.39 is 5.91 Å². The lowest BCUT2D eigenvalue weighted by atomic mass is 10.1. The van der Waals surface area contributed by atoms with E-state index in [0.29, 0.717) is 48.8 Å². The Morgan fingerprint density at radius 2 is 1.93 bits per heavy atom.